The Labute approximate surface area is 163 Å². The molecule has 0 radical (unpaired) electrons. The van der Waals surface area contributed by atoms with Crippen LogP contribution in [0.3, 0.4) is 0 Å². The Morgan fingerprint density at radius 3 is 2.11 bits per heavy atom. The molecule has 142 valence electrons. The fraction of sp³-hybridized carbons (Fsp3) is 0.250. The molecule has 3 N–H and O–H groups in total. The standard InChI is InChI=1S/C20H23N3O3S/c1-3-15-6-8-16(9-7-15)20(26)23-22-19(25)13-27-12-18(24)21-17-10-4-14(2)5-11-17/h4-11H,3,12-13H2,1-2H3,(H,21,24)(H,22,25)(H,23,26). The number of anilines is 1. The highest BCUT2D eigenvalue weighted by Gasteiger charge is 2.09. The van der Waals surface area contributed by atoms with Gasteiger partial charge in [-0.25, -0.2) is 0 Å². The second-order valence-corrected chi connectivity index (χ2v) is 6.95. The Hall–Kier alpha value is -2.80. The van der Waals surface area contributed by atoms with Crippen molar-refractivity contribution in [1.29, 1.82) is 0 Å². The number of aryl methyl sites for hydroxylation is 2. The second kappa shape index (κ2) is 10.4. The van der Waals surface area contributed by atoms with Gasteiger partial charge in [0.1, 0.15) is 0 Å². The van der Waals surface area contributed by atoms with Crippen LogP contribution in [0, 0.1) is 6.92 Å². The van der Waals surface area contributed by atoms with Gasteiger partial charge in [0.15, 0.2) is 0 Å². The van der Waals surface area contributed by atoms with E-state index in [-0.39, 0.29) is 29.2 Å². The van der Waals surface area contributed by atoms with Gasteiger partial charge in [-0.3, -0.25) is 25.2 Å². The smallest absolute Gasteiger partial charge is 0.269 e. The Balaban J connectivity index is 1.65. The van der Waals surface area contributed by atoms with E-state index in [2.05, 4.69) is 16.2 Å². The van der Waals surface area contributed by atoms with Crippen molar-refractivity contribution in [3.05, 3.63) is 65.2 Å². The van der Waals surface area contributed by atoms with Crippen LogP contribution in [0.4, 0.5) is 5.69 Å². The molecule has 3 amide bonds. The summed E-state index contributed by atoms with van der Waals surface area (Å²) in [6.07, 6.45) is 0.896. The quantitative estimate of drug-likeness (QED) is 0.640. The number of benzene rings is 2. The zero-order chi connectivity index (χ0) is 19.6. The van der Waals surface area contributed by atoms with Gasteiger partial charge in [-0.05, 0) is 43.2 Å². The fourth-order valence-electron chi connectivity index (χ4n) is 2.20. The number of amides is 3. The Bertz CT molecular complexity index is 789. The fourth-order valence-corrected chi connectivity index (χ4v) is 2.81. The Kier molecular flexibility index (Phi) is 7.88. The third-order valence-electron chi connectivity index (χ3n) is 3.74. The molecule has 0 saturated heterocycles. The summed E-state index contributed by atoms with van der Waals surface area (Å²) in [5.74, 6) is -0.726. The number of rotatable bonds is 7. The maximum Gasteiger partial charge on any atom is 0.269 e. The molecule has 0 atom stereocenters. The normalized spacial score (nSPS) is 10.1. The second-order valence-electron chi connectivity index (χ2n) is 5.96. The van der Waals surface area contributed by atoms with Gasteiger partial charge < -0.3 is 5.32 Å². The monoisotopic (exact) mass is 385 g/mol. The predicted molar refractivity (Wildman–Crippen MR) is 109 cm³/mol. The van der Waals surface area contributed by atoms with Crippen LogP contribution in [0.25, 0.3) is 0 Å². The van der Waals surface area contributed by atoms with E-state index in [9.17, 15) is 14.4 Å². The average Bonchev–Trinajstić information content (AvgIpc) is 2.68. The first-order valence-corrected chi connectivity index (χ1v) is 9.75. The van der Waals surface area contributed by atoms with Crippen LogP contribution in [0.5, 0.6) is 0 Å². The van der Waals surface area contributed by atoms with Crippen LogP contribution < -0.4 is 16.2 Å². The molecule has 0 spiro atoms. The summed E-state index contributed by atoms with van der Waals surface area (Å²) < 4.78 is 0. The first-order valence-electron chi connectivity index (χ1n) is 8.60. The van der Waals surface area contributed by atoms with Crippen LogP contribution in [-0.2, 0) is 16.0 Å². The lowest BCUT2D eigenvalue weighted by molar-refractivity contribution is -0.119. The Morgan fingerprint density at radius 2 is 1.48 bits per heavy atom. The molecule has 0 aliphatic heterocycles. The van der Waals surface area contributed by atoms with Crippen molar-refractivity contribution in [2.75, 3.05) is 16.8 Å². The van der Waals surface area contributed by atoms with Crippen molar-refractivity contribution in [3.63, 3.8) is 0 Å². The van der Waals surface area contributed by atoms with Gasteiger partial charge in [-0.1, -0.05) is 36.8 Å². The zero-order valence-corrected chi connectivity index (χ0v) is 16.2. The van der Waals surface area contributed by atoms with Crippen molar-refractivity contribution < 1.29 is 14.4 Å². The molecule has 2 aromatic carbocycles. The number of hydrazine groups is 1. The zero-order valence-electron chi connectivity index (χ0n) is 15.4. The summed E-state index contributed by atoms with van der Waals surface area (Å²) in [7, 11) is 0. The van der Waals surface area contributed by atoms with Gasteiger partial charge in [-0.2, -0.15) is 0 Å². The summed E-state index contributed by atoms with van der Waals surface area (Å²) in [5, 5.41) is 2.76. The molecule has 0 aliphatic carbocycles. The van der Waals surface area contributed by atoms with E-state index in [1.54, 1.807) is 12.1 Å². The third kappa shape index (κ3) is 7.15. The van der Waals surface area contributed by atoms with E-state index in [4.69, 9.17) is 0 Å². The van der Waals surface area contributed by atoms with Crippen LogP contribution in [0.1, 0.15) is 28.4 Å². The van der Waals surface area contributed by atoms with E-state index < -0.39 is 0 Å². The Morgan fingerprint density at radius 1 is 0.852 bits per heavy atom. The van der Waals surface area contributed by atoms with Gasteiger partial charge in [0.25, 0.3) is 5.91 Å². The van der Waals surface area contributed by atoms with E-state index in [1.807, 2.05) is 50.2 Å². The van der Waals surface area contributed by atoms with Crippen LogP contribution >= 0.6 is 11.8 Å². The number of carbonyl (C=O) groups is 3. The van der Waals surface area contributed by atoms with Gasteiger partial charge in [0.05, 0.1) is 11.5 Å². The van der Waals surface area contributed by atoms with Crippen molar-refractivity contribution in [1.82, 2.24) is 10.9 Å². The minimum atomic E-state index is -0.381. The van der Waals surface area contributed by atoms with Gasteiger partial charge in [0.2, 0.25) is 11.8 Å². The number of hydrogen-bond acceptors (Lipinski definition) is 4. The highest BCUT2D eigenvalue weighted by Crippen LogP contribution is 2.09. The average molecular weight is 385 g/mol. The number of nitrogens with one attached hydrogen (secondary N) is 3. The molecule has 27 heavy (non-hydrogen) atoms. The molecule has 2 rings (SSSR count). The molecule has 0 aromatic heterocycles. The molecule has 0 saturated carbocycles. The minimum absolute atomic E-state index is 0.0658. The molecule has 2 aromatic rings. The lowest BCUT2D eigenvalue weighted by Gasteiger charge is -2.08. The van der Waals surface area contributed by atoms with E-state index in [0.717, 1.165) is 23.2 Å². The van der Waals surface area contributed by atoms with E-state index >= 15 is 0 Å². The first-order chi connectivity index (χ1) is 13.0. The van der Waals surface area contributed by atoms with Crippen molar-refractivity contribution in [2.45, 2.75) is 20.3 Å². The third-order valence-corrected chi connectivity index (χ3v) is 4.67. The van der Waals surface area contributed by atoms with Gasteiger partial charge in [0, 0.05) is 11.3 Å². The molecule has 7 heteroatoms. The largest absolute Gasteiger partial charge is 0.325 e. The van der Waals surface area contributed by atoms with Crippen molar-refractivity contribution in [3.8, 4) is 0 Å². The molecule has 0 fully saturated rings. The summed E-state index contributed by atoms with van der Waals surface area (Å²) in [5.41, 5.74) is 8.15. The topological polar surface area (TPSA) is 87.3 Å². The highest BCUT2D eigenvalue weighted by atomic mass is 32.2. The summed E-state index contributed by atoms with van der Waals surface area (Å²) in [4.78, 5) is 35.6. The minimum Gasteiger partial charge on any atom is -0.325 e. The van der Waals surface area contributed by atoms with Crippen LogP contribution in [0.15, 0.2) is 48.5 Å². The molecule has 0 unspecified atom stereocenters. The lowest BCUT2D eigenvalue weighted by atomic mass is 10.1. The maximum atomic E-state index is 12.0. The molecule has 0 heterocycles. The van der Waals surface area contributed by atoms with Crippen molar-refractivity contribution >= 4 is 35.2 Å². The summed E-state index contributed by atoms with van der Waals surface area (Å²) >= 11 is 1.17. The van der Waals surface area contributed by atoms with E-state index in [0.29, 0.717) is 5.56 Å². The predicted octanol–water partition coefficient (Wildman–Crippen LogP) is 2.69. The lowest BCUT2D eigenvalue weighted by Crippen LogP contribution is -2.42. The molecule has 6 nitrogen and oxygen atoms in total. The first kappa shape index (κ1) is 20.5. The number of thioether (sulfide) groups is 1. The van der Waals surface area contributed by atoms with Gasteiger partial charge in [-0.15, -0.1) is 11.8 Å². The summed E-state index contributed by atoms with van der Waals surface area (Å²) in [6, 6.07) is 14.6. The maximum absolute atomic E-state index is 12.0. The number of hydrogen-bond donors (Lipinski definition) is 3. The number of carbonyl (C=O) groups excluding carboxylic acids is 3. The van der Waals surface area contributed by atoms with Crippen molar-refractivity contribution in [2.24, 2.45) is 0 Å². The molecular formula is C20H23N3O3S. The molecule has 0 bridgehead atoms. The molecular weight excluding hydrogens is 362 g/mol. The highest BCUT2D eigenvalue weighted by molar-refractivity contribution is 8.00. The van der Waals surface area contributed by atoms with E-state index in [1.165, 1.54) is 11.8 Å². The summed E-state index contributed by atoms with van der Waals surface area (Å²) in [6.45, 7) is 4.01. The van der Waals surface area contributed by atoms with Crippen LogP contribution in [-0.4, -0.2) is 29.2 Å². The SMILES string of the molecule is CCc1ccc(C(=O)NNC(=O)CSCC(=O)Nc2ccc(C)cc2)cc1. The van der Waals surface area contributed by atoms with Crippen LogP contribution in [0.2, 0.25) is 0 Å². The van der Waals surface area contributed by atoms with Gasteiger partial charge >= 0.3 is 0 Å². The molecule has 0 aliphatic rings.